The number of rotatable bonds is 5. The Kier molecular flexibility index (Phi) is 5.51. The first-order valence-corrected chi connectivity index (χ1v) is 5.94. The van der Waals surface area contributed by atoms with Gasteiger partial charge in [0.1, 0.15) is 0 Å². The van der Waals surface area contributed by atoms with E-state index in [0.717, 1.165) is 23.6 Å². The molecule has 0 atom stereocenters. The van der Waals surface area contributed by atoms with E-state index in [9.17, 15) is 0 Å². The van der Waals surface area contributed by atoms with Crippen molar-refractivity contribution in [1.82, 2.24) is 0 Å². The number of thioether (sulfide) groups is 1. The van der Waals surface area contributed by atoms with Crippen molar-refractivity contribution >= 4 is 23.4 Å². The molecule has 0 aliphatic heterocycles. The predicted octanol–water partition coefficient (Wildman–Crippen LogP) is 4.13. The standard InChI is InChI=1S/C11H12ClNS/c12-10-4-6-11(7-5-10)14-9-3-1-2-8-13/h4-7H,1-3,9H2. The normalized spacial score (nSPS) is 9.71. The lowest BCUT2D eigenvalue weighted by Crippen LogP contribution is -1.80. The Hall–Kier alpha value is -0.650. The zero-order chi connectivity index (χ0) is 10.2. The van der Waals surface area contributed by atoms with Crippen LogP contribution in [-0.4, -0.2) is 5.75 Å². The second-order valence-corrected chi connectivity index (χ2v) is 4.52. The Morgan fingerprint density at radius 3 is 2.57 bits per heavy atom. The summed E-state index contributed by atoms with van der Waals surface area (Å²) in [4.78, 5) is 1.24. The molecule has 0 amide bonds. The largest absolute Gasteiger partial charge is 0.198 e. The van der Waals surface area contributed by atoms with E-state index in [0.29, 0.717) is 6.42 Å². The molecule has 0 aliphatic carbocycles. The molecule has 0 fully saturated rings. The molecule has 74 valence electrons. The summed E-state index contributed by atoms with van der Waals surface area (Å²) >= 11 is 7.58. The fourth-order valence-electron chi connectivity index (χ4n) is 1.03. The second-order valence-electron chi connectivity index (χ2n) is 2.92. The fraction of sp³-hybridized carbons (Fsp3) is 0.364. The Balaban J connectivity index is 2.19. The minimum atomic E-state index is 0.668. The Morgan fingerprint density at radius 2 is 1.93 bits per heavy atom. The molecule has 0 heterocycles. The van der Waals surface area contributed by atoms with E-state index in [1.165, 1.54) is 4.90 Å². The van der Waals surface area contributed by atoms with Crippen LogP contribution in [-0.2, 0) is 0 Å². The number of benzene rings is 1. The van der Waals surface area contributed by atoms with Gasteiger partial charge >= 0.3 is 0 Å². The Bertz CT molecular complexity index is 302. The average Bonchev–Trinajstić information content (AvgIpc) is 2.21. The van der Waals surface area contributed by atoms with Gasteiger partial charge < -0.3 is 0 Å². The van der Waals surface area contributed by atoms with Gasteiger partial charge in [0.2, 0.25) is 0 Å². The lowest BCUT2D eigenvalue weighted by Gasteiger charge is -2.00. The van der Waals surface area contributed by atoms with Gasteiger partial charge in [-0.25, -0.2) is 0 Å². The van der Waals surface area contributed by atoms with Crippen LogP contribution in [0.4, 0.5) is 0 Å². The van der Waals surface area contributed by atoms with Gasteiger partial charge in [-0.15, -0.1) is 11.8 Å². The molecule has 0 aliphatic rings. The number of halogens is 1. The molecule has 0 N–H and O–H groups in total. The molecule has 14 heavy (non-hydrogen) atoms. The Labute approximate surface area is 94.1 Å². The van der Waals surface area contributed by atoms with Gasteiger partial charge in [-0.05, 0) is 42.9 Å². The summed E-state index contributed by atoms with van der Waals surface area (Å²) in [5.74, 6) is 1.07. The van der Waals surface area contributed by atoms with E-state index in [-0.39, 0.29) is 0 Å². The van der Waals surface area contributed by atoms with Gasteiger partial charge in [-0.1, -0.05) is 11.6 Å². The molecule has 0 bridgehead atoms. The van der Waals surface area contributed by atoms with Crippen molar-refractivity contribution in [1.29, 1.82) is 5.26 Å². The Morgan fingerprint density at radius 1 is 1.21 bits per heavy atom. The maximum absolute atomic E-state index is 8.34. The van der Waals surface area contributed by atoms with Crippen LogP contribution in [0.2, 0.25) is 5.02 Å². The van der Waals surface area contributed by atoms with Crippen LogP contribution in [0.5, 0.6) is 0 Å². The number of unbranched alkanes of at least 4 members (excludes halogenated alkanes) is 2. The van der Waals surface area contributed by atoms with Crippen molar-refractivity contribution in [2.75, 3.05) is 5.75 Å². The summed E-state index contributed by atoms with van der Waals surface area (Å²) in [6.07, 6.45) is 2.76. The third kappa shape index (κ3) is 4.55. The molecule has 0 radical (unpaired) electrons. The van der Waals surface area contributed by atoms with Crippen LogP contribution in [0, 0.1) is 11.3 Å². The maximum Gasteiger partial charge on any atom is 0.0621 e. The molecule has 0 saturated heterocycles. The van der Waals surface area contributed by atoms with Crippen molar-refractivity contribution in [3.63, 3.8) is 0 Å². The van der Waals surface area contributed by atoms with Crippen molar-refractivity contribution < 1.29 is 0 Å². The first-order valence-electron chi connectivity index (χ1n) is 4.58. The van der Waals surface area contributed by atoms with E-state index >= 15 is 0 Å². The molecule has 1 rings (SSSR count). The topological polar surface area (TPSA) is 23.8 Å². The summed E-state index contributed by atoms with van der Waals surface area (Å²) in [5.41, 5.74) is 0. The summed E-state index contributed by atoms with van der Waals surface area (Å²) in [7, 11) is 0. The highest BCUT2D eigenvalue weighted by molar-refractivity contribution is 7.99. The van der Waals surface area contributed by atoms with Crippen LogP contribution < -0.4 is 0 Å². The number of nitrogens with zero attached hydrogens (tertiary/aromatic N) is 1. The third-order valence-electron chi connectivity index (χ3n) is 1.77. The molecule has 0 saturated carbocycles. The smallest absolute Gasteiger partial charge is 0.0621 e. The van der Waals surface area contributed by atoms with Gasteiger partial charge in [0.15, 0.2) is 0 Å². The van der Waals surface area contributed by atoms with Crippen LogP contribution in [0.3, 0.4) is 0 Å². The molecule has 0 spiro atoms. The van der Waals surface area contributed by atoms with Gasteiger partial charge in [-0.3, -0.25) is 0 Å². The quantitative estimate of drug-likeness (QED) is 0.556. The van der Waals surface area contributed by atoms with Crippen molar-refractivity contribution in [2.45, 2.75) is 24.2 Å². The first kappa shape index (κ1) is 11.4. The average molecular weight is 226 g/mol. The zero-order valence-electron chi connectivity index (χ0n) is 7.87. The lowest BCUT2D eigenvalue weighted by molar-refractivity contribution is 0.830. The molecule has 1 aromatic carbocycles. The second kappa shape index (κ2) is 6.75. The molecular formula is C11H12ClNS. The maximum atomic E-state index is 8.34. The number of hydrogen-bond acceptors (Lipinski definition) is 2. The van der Waals surface area contributed by atoms with E-state index in [1.54, 1.807) is 0 Å². The van der Waals surface area contributed by atoms with E-state index in [4.69, 9.17) is 16.9 Å². The van der Waals surface area contributed by atoms with E-state index < -0.39 is 0 Å². The highest BCUT2D eigenvalue weighted by Gasteiger charge is 1.94. The summed E-state index contributed by atoms with van der Waals surface area (Å²) in [6, 6.07) is 10.0. The third-order valence-corrected chi connectivity index (χ3v) is 3.12. The van der Waals surface area contributed by atoms with E-state index in [1.807, 2.05) is 36.0 Å². The summed E-state index contributed by atoms with van der Waals surface area (Å²) < 4.78 is 0. The van der Waals surface area contributed by atoms with Gasteiger partial charge in [0.25, 0.3) is 0 Å². The molecule has 1 aromatic rings. The molecular weight excluding hydrogens is 214 g/mol. The number of hydrogen-bond donors (Lipinski definition) is 0. The van der Waals surface area contributed by atoms with Crippen molar-refractivity contribution in [3.05, 3.63) is 29.3 Å². The van der Waals surface area contributed by atoms with Gasteiger partial charge in [0.05, 0.1) is 6.07 Å². The van der Waals surface area contributed by atoms with Crippen molar-refractivity contribution in [2.24, 2.45) is 0 Å². The molecule has 3 heteroatoms. The number of nitriles is 1. The summed E-state index contributed by atoms with van der Waals surface area (Å²) in [5, 5.41) is 9.12. The lowest BCUT2D eigenvalue weighted by atomic mass is 10.3. The predicted molar refractivity (Wildman–Crippen MR) is 61.6 cm³/mol. The van der Waals surface area contributed by atoms with Gasteiger partial charge in [0, 0.05) is 16.3 Å². The van der Waals surface area contributed by atoms with Crippen LogP contribution >= 0.6 is 23.4 Å². The first-order chi connectivity index (χ1) is 6.83. The van der Waals surface area contributed by atoms with Gasteiger partial charge in [-0.2, -0.15) is 5.26 Å². The SMILES string of the molecule is N#CCCCCSc1ccc(Cl)cc1. The molecule has 0 aromatic heterocycles. The minimum absolute atomic E-state index is 0.668. The van der Waals surface area contributed by atoms with E-state index in [2.05, 4.69) is 6.07 Å². The fourth-order valence-corrected chi connectivity index (χ4v) is 2.07. The monoisotopic (exact) mass is 225 g/mol. The highest BCUT2D eigenvalue weighted by Crippen LogP contribution is 2.21. The van der Waals surface area contributed by atoms with Crippen LogP contribution in [0.1, 0.15) is 19.3 Å². The zero-order valence-corrected chi connectivity index (χ0v) is 9.44. The highest BCUT2D eigenvalue weighted by atomic mass is 35.5. The van der Waals surface area contributed by atoms with Crippen molar-refractivity contribution in [3.8, 4) is 6.07 Å². The summed E-state index contributed by atoms with van der Waals surface area (Å²) in [6.45, 7) is 0. The van der Waals surface area contributed by atoms with Crippen LogP contribution in [0.25, 0.3) is 0 Å². The minimum Gasteiger partial charge on any atom is -0.198 e. The molecule has 0 unspecified atom stereocenters. The molecule has 1 nitrogen and oxygen atoms in total. The van der Waals surface area contributed by atoms with Crippen LogP contribution in [0.15, 0.2) is 29.2 Å².